The molecule has 0 aliphatic carbocycles. The fourth-order valence-corrected chi connectivity index (χ4v) is 2.98. The van der Waals surface area contributed by atoms with Crippen LogP contribution in [0.3, 0.4) is 0 Å². The van der Waals surface area contributed by atoms with Crippen LogP contribution in [0.4, 0.5) is 10.1 Å². The fourth-order valence-electron chi connectivity index (χ4n) is 2.98. The van der Waals surface area contributed by atoms with Crippen LogP contribution in [0, 0.1) is 5.82 Å². The first-order valence-electron chi connectivity index (χ1n) is 8.33. The molecule has 2 amide bonds. The summed E-state index contributed by atoms with van der Waals surface area (Å²) < 4.78 is 18.4. The zero-order valence-corrected chi connectivity index (χ0v) is 15.0. The average Bonchev–Trinajstić information content (AvgIpc) is 2.93. The van der Waals surface area contributed by atoms with Crippen LogP contribution in [0.2, 0.25) is 0 Å². The molecule has 1 aliphatic rings. The molecule has 0 spiro atoms. The van der Waals surface area contributed by atoms with Crippen molar-refractivity contribution < 1.29 is 23.8 Å². The number of nitrogens with zero attached hydrogens (tertiary/aromatic N) is 2. The number of ether oxygens (including phenoxy) is 1. The van der Waals surface area contributed by atoms with E-state index < -0.39 is 17.6 Å². The molecule has 2 aromatic carbocycles. The van der Waals surface area contributed by atoms with Gasteiger partial charge in [-0.25, -0.2) is 9.29 Å². The van der Waals surface area contributed by atoms with Crippen LogP contribution < -0.4 is 9.64 Å². The molecule has 0 aromatic heterocycles. The van der Waals surface area contributed by atoms with Crippen LogP contribution in [-0.4, -0.2) is 49.1 Å². The van der Waals surface area contributed by atoms with E-state index in [1.807, 2.05) is 0 Å². The van der Waals surface area contributed by atoms with Gasteiger partial charge in [-0.2, -0.15) is 0 Å². The number of likely N-dealkylation sites (N-methyl/N-ethyl adjacent to an activating group) is 1. The summed E-state index contributed by atoms with van der Waals surface area (Å²) in [6.07, 6.45) is 0. The summed E-state index contributed by atoms with van der Waals surface area (Å²) in [5.74, 6) is -0.840. The molecule has 0 atom stereocenters. The van der Waals surface area contributed by atoms with Crippen molar-refractivity contribution in [3.63, 3.8) is 0 Å². The van der Waals surface area contributed by atoms with Gasteiger partial charge >= 0.3 is 0 Å². The second-order valence-corrected chi connectivity index (χ2v) is 6.02. The molecule has 2 aromatic rings. The monoisotopic (exact) mass is 370 g/mol. The van der Waals surface area contributed by atoms with Gasteiger partial charge in [0, 0.05) is 13.6 Å². The number of imide groups is 1. The lowest BCUT2D eigenvalue weighted by Crippen LogP contribution is -2.34. The van der Waals surface area contributed by atoms with Crippen LogP contribution >= 0.6 is 0 Å². The highest BCUT2D eigenvalue weighted by Crippen LogP contribution is 2.34. The van der Waals surface area contributed by atoms with Crippen LogP contribution in [0.15, 0.2) is 54.2 Å². The molecule has 140 valence electrons. The molecular weight excluding hydrogens is 351 g/mol. The summed E-state index contributed by atoms with van der Waals surface area (Å²) >= 11 is 0. The Balaban J connectivity index is 2.08. The quantitative estimate of drug-likeness (QED) is 0.788. The molecule has 1 N–H and O–H groups in total. The first-order valence-corrected chi connectivity index (χ1v) is 8.33. The van der Waals surface area contributed by atoms with Crippen LogP contribution in [0.5, 0.6) is 5.75 Å². The smallest absolute Gasteiger partial charge is 0.282 e. The van der Waals surface area contributed by atoms with E-state index in [0.717, 1.165) is 4.90 Å². The van der Waals surface area contributed by atoms with E-state index in [9.17, 15) is 19.1 Å². The van der Waals surface area contributed by atoms with Gasteiger partial charge in [0.05, 0.1) is 25.0 Å². The molecular formula is C20H19FN2O4. The third kappa shape index (κ3) is 3.41. The summed E-state index contributed by atoms with van der Waals surface area (Å²) in [6, 6.07) is 11.9. The minimum Gasteiger partial charge on any atom is -0.497 e. The molecule has 0 bridgehead atoms. The normalized spacial score (nSPS) is 14.1. The molecule has 27 heavy (non-hydrogen) atoms. The number of rotatable bonds is 6. The van der Waals surface area contributed by atoms with Crippen molar-refractivity contribution in [3.05, 3.63) is 65.6 Å². The number of carbonyl (C=O) groups excluding carboxylic acids is 2. The molecule has 0 saturated carbocycles. The Hall–Kier alpha value is -3.19. The predicted octanol–water partition coefficient (Wildman–Crippen LogP) is 2.04. The lowest BCUT2D eigenvalue weighted by Gasteiger charge is -2.20. The summed E-state index contributed by atoms with van der Waals surface area (Å²) in [5.41, 5.74) is 1.17. The van der Waals surface area contributed by atoms with Gasteiger partial charge in [-0.15, -0.1) is 0 Å². The van der Waals surface area contributed by atoms with Crippen LogP contribution in [-0.2, 0) is 9.59 Å². The van der Waals surface area contributed by atoms with Crippen molar-refractivity contribution >= 4 is 23.1 Å². The van der Waals surface area contributed by atoms with Gasteiger partial charge in [0.15, 0.2) is 0 Å². The zero-order valence-electron chi connectivity index (χ0n) is 15.0. The van der Waals surface area contributed by atoms with E-state index in [1.165, 1.54) is 36.3 Å². The first kappa shape index (κ1) is 18.6. The lowest BCUT2D eigenvalue weighted by molar-refractivity contribution is -0.120. The number of benzene rings is 2. The van der Waals surface area contributed by atoms with Crippen molar-refractivity contribution in [1.29, 1.82) is 0 Å². The SMILES string of the molecule is COc1ccc(N2C(=O)C(c3ccc(F)cc3)=C(N(C)CCO)C2=O)cc1. The van der Waals surface area contributed by atoms with E-state index in [1.54, 1.807) is 31.3 Å². The van der Waals surface area contributed by atoms with Crippen LogP contribution in [0.1, 0.15) is 5.56 Å². The molecule has 1 heterocycles. The number of aliphatic hydroxyl groups is 1. The number of anilines is 1. The van der Waals surface area contributed by atoms with Gasteiger partial charge in [0.2, 0.25) is 0 Å². The molecule has 0 saturated heterocycles. The highest BCUT2D eigenvalue weighted by atomic mass is 19.1. The van der Waals surface area contributed by atoms with E-state index in [2.05, 4.69) is 0 Å². The minimum atomic E-state index is -0.503. The number of hydrogen-bond acceptors (Lipinski definition) is 5. The van der Waals surface area contributed by atoms with Crippen molar-refractivity contribution in [1.82, 2.24) is 4.90 Å². The predicted molar refractivity (Wildman–Crippen MR) is 98.5 cm³/mol. The largest absolute Gasteiger partial charge is 0.497 e. The van der Waals surface area contributed by atoms with Gasteiger partial charge in [0.25, 0.3) is 11.8 Å². The highest BCUT2D eigenvalue weighted by Gasteiger charge is 2.41. The van der Waals surface area contributed by atoms with Gasteiger partial charge < -0.3 is 14.7 Å². The van der Waals surface area contributed by atoms with E-state index in [0.29, 0.717) is 17.0 Å². The maximum Gasteiger partial charge on any atom is 0.282 e. The van der Waals surface area contributed by atoms with E-state index >= 15 is 0 Å². The molecule has 1 aliphatic heterocycles. The number of amides is 2. The Morgan fingerprint density at radius 2 is 1.67 bits per heavy atom. The van der Waals surface area contributed by atoms with Crippen molar-refractivity contribution in [2.75, 3.05) is 32.2 Å². The molecule has 0 radical (unpaired) electrons. The second kappa shape index (κ2) is 7.59. The number of methoxy groups -OCH3 is 1. The Kier molecular flexibility index (Phi) is 5.23. The van der Waals surface area contributed by atoms with E-state index in [4.69, 9.17) is 4.74 Å². The van der Waals surface area contributed by atoms with Gasteiger partial charge in [-0.1, -0.05) is 12.1 Å². The third-order valence-corrected chi connectivity index (χ3v) is 4.34. The van der Waals surface area contributed by atoms with Gasteiger partial charge in [0.1, 0.15) is 17.3 Å². The Morgan fingerprint density at radius 1 is 1.04 bits per heavy atom. The maximum atomic E-state index is 13.3. The summed E-state index contributed by atoms with van der Waals surface area (Å²) in [5, 5.41) is 9.25. The molecule has 3 rings (SSSR count). The Labute approximate surface area is 156 Å². The second-order valence-electron chi connectivity index (χ2n) is 6.02. The standard InChI is InChI=1S/C20H19FN2O4/c1-22(11-12-24)18-17(13-3-5-14(21)6-4-13)19(25)23(20(18)26)15-7-9-16(27-2)10-8-15/h3-10,24H,11-12H2,1-2H3. The van der Waals surface area contributed by atoms with Gasteiger partial charge in [-0.05, 0) is 42.0 Å². The number of carbonyl (C=O) groups is 2. The third-order valence-electron chi connectivity index (χ3n) is 4.34. The van der Waals surface area contributed by atoms with Gasteiger partial charge in [-0.3, -0.25) is 9.59 Å². The number of aliphatic hydroxyl groups excluding tert-OH is 1. The summed E-state index contributed by atoms with van der Waals surface area (Å²) in [4.78, 5) is 28.8. The maximum absolute atomic E-state index is 13.3. The summed E-state index contributed by atoms with van der Waals surface area (Å²) in [7, 11) is 3.15. The summed E-state index contributed by atoms with van der Waals surface area (Å²) in [6.45, 7) is -0.00377. The van der Waals surface area contributed by atoms with Crippen molar-refractivity contribution in [3.8, 4) is 5.75 Å². The molecule has 0 fully saturated rings. The van der Waals surface area contributed by atoms with Crippen molar-refractivity contribution in [2.24, 2.45) is 0 Å². The first-order chi connectivity index (χ1) is 13.0. The zero-order chi connectivity index (χ0) is 19.6. The number of halogens is 1. The lowest BCUT2D eigenvalue weighted by atomic mass is 10.0. The topological polar surface area (TPSA) is 70.1 Å². The van der Waals surface area contributed by atoms with E-state index in [-0.39, 0.29) is 24.4 Å². The highest BCUT2D eigenvalue weighted by molar-refractivity contribution is 6.45. The van der Waals surface area contributed by atoms with Crippen molar-refractivity contribution in [2.45, 2.75) is 0 Å². The fraction of sp³-hybridized carbons (Fsp3) is 0.200. The molecule has 6 nitrogen and oxygen atoms in total. The van der Waals surface area contributed by atoms with Crippen LogP contribution in [0.25, 0.3) is 5.57 Å². The minimum absolute atomic E-state index is 0.163. The Morgan fingerprint density at radius 3 is 2.22 bits per heavy atom. The average molecular weight is 370 g/mol. The molecule has 7 heteroatoms. The Bertz CT molecular complexity index is 891. The number of hydrogen-bond donors (Lipinski definition) is 1. The molecule has 0 unspecified atom stereocenters.